The van der Waals surface area contributed by atoms with E-state index in [4.69, 9.17) is 11.6 Å². The number of benzene rings is 1. The SMILES string of the molecule is CN1CCN2C(=O)c3cc(Cl)ccc3C2C1. The number of rotatable bonds is 0. The Morgan fingerprint density at radius 3 is 3.00 bits per heavy atom. The third-order valence-electron chi connectivity index (χ3n) is 3.45. The molecule has 1 amide bonds. The van der Waals surface area contributed by atoms with E-state index in [1.807, 2.05) is 17.0 Å². The summed E-state index contributed by atoms with van der Waals surface area (Å²) in [6, 6.07) is 5.86. The van der Waals surface area contributed by atoms with Gasteiger partial charge >= 0.3 is 0 Å². The van der Waals surface area contributed by atoms with E-state index in [9.17, 15) is 4.79 Å². The van der Waals surface area contributed by atoms with Gasteiger partial charge in [0.05, 0.1) is 6.04 Å². The van der Waals surface area contributed by atoms with Gasteiger partial charge in [-0.25, -0.2) is 0 Å². The standard InChI is InChI=1S/C12H13ClN2O/c1-14-4-5-15-11(7-14)9-3-2-8(13)6-10(9)12(15)16/h2-3,6,11H,4-5,7H2,1H3. The van der Waals surface area contributed by atoms with Gasteiger partial charge in [0.25, 0.3) is 5.91 Å². The van der Waals surface area contributed by atoms with Crippen LogP contribution in [0.25, 0.3) is 0 Å². The molecule has 0 aromatic heterocycles. The van der Waals surface area contributed by atoms with Gasteiger partial charge in [-0.3, -0.25) is 4.79 Å². The molecular weight excluding hydrogens is 224 g/mol. The Morgan fingerprint density at radius 2 is 2.19 bits per heavy atom. The lowest BCUT2D eigenvalue weighted by Crippen LogP contribution is -2.45. The first-order valence-corrected chi connectivity index (χ1v) is 5.83. The van der Waals surface area contributed by atoms with E-state index in [1.165, 1.54) is 0 Å². The summed E-state index contributed by atoms with van der Waals surface area (Å²) in [5, 5.41) is 0.639. The Kier molecular flexibility index (Phi) is 2.19. The number of carbonyl (C=O) groups excluding carboxylic acids is 1. The third kappa shape index (κ3) is 1.35. The largest absolute Gasteiger partial charge is 0.329 e. The van der Waals surface area contributed by atoms with Gasteiger partial charge in [-0.15, -0.1) is 0 Å². The maximum Gasteiger partial charge on any atom is 0.254 e. The molecular formula is C12H13ClN2O. The zero-order valence-electron chi connectivity index (χ0n) is 9.11. The Balaban J connectivity index is 2.07. The van der Waals surface area contributed by atoms with Crippen LogP contribution >= 0.6 is 11.6 Å². The van der Waals surface area contributed by atoms with Gasteiger partial charge in [-0.05, 0) is 24.7 Å². The van der Waals surface area contributed by atoms with Gasteiger partial charge in [0.2, 0.25) is 0 Å². The molecule has 0 radical (unpaired) electrons. The lowest BCUT2D eigenvalue weighted by molar-refractivity contribution is 0.0570. The summed E-state index contributed by atoms with van der Waals surface area (Å²) in [6.45, 7) is 2.68. The van der Waals surface area contributed by atoms with Crippen molar-refractivity contribution < 1.29 is 4.79 Å². The second-order valence-electron chi connectivity index (χ2n) is 4.51. The molecule has 1 unspecified atom stereocenters. The molecule has 2 aliphatic heterocycles. The van der Waals surface area contributed by atoms with Gasteiger partial charge in [0.15, 0.2) is 0 Å². The van der Waals surface area contributed by atoms with Crippen molar-refractivity contribution in [1.82, 2.24) is 9.80 Å². The number of halogens is 1. The molecule has 16 heavy (non-hydrogen) atoms. The number of amides is 1. The molecule has 3 rings (SSSR count). The quantitative estimate of drug-likeness (QED) is 0.686. The fraction of sp³-hybridized carbons (Fsp3) is 0.417. The van der Waals surface area contributed by atoms with Crippen molar-refractivity contribution in [1.29, 1.82) is 0 Å². The maximum atomic E-state index is 12.1. The molecule has 1 aromatic carbocycles. The summed E-state index contributed by atoms with van der Waals surface area (Å²) >= 11 is 5.93. The van der Waals surface area contributed by atoms with Crippen molar-refractivity contribution in [2.75, 3.05) is 26.7 Å². The van der Waals surface area contributed by atoms with E-state index in [0.717, 1.165) is 30.8 Å². The monoisotopic (exact) mass is 236 g/mol. The average Bonchev–Trinajstić information content (AvgIpc) is 2.52. The molecule has 0 aliphatic carbocycles. The highest BCUT2D eigenvalue weighted by atomic mass is 35.5. The van der Waals surface area contributed by atoms with E-state index in [2.05, 4.69) is 11.9 Å². The molecule has 0 saturated carbocycles. The number of carbonyl (C=O) groups is 1. The van der Waals surface area contributed by atoms with Gasteiger partial charge in [0, 0.05) is 30.2 Å². The summed E-state index contributed by atoms with van der Waals surface area (Å²) in [4.78, 5) is 16.4. The number of fused-ring (bicyclic) bond motifs is 3. The van der Waals surface area contributed by atoms with Gasteiger partial charge in [-0.1, -0.05) is 17.7 Å². The Hall–Kier alpha value is -1.06. The van der Waals surface area contributed by atoms with Gasteiger partial charge in [-0.2, -0.15) is 0 Å². The zero-order chi connectivity index (χ0) is 11.3. The average molecular weight is 237 g/mol. The van der Waals surface area contributed by atoms with Crippen LogP contribution in [0, 0.1) is 0 Å². The molecule has 0 spiro atoms. The number of hydrogen-bond acceptors (Lipinski definition) is 2. The van der Waals surface area contributed by atoms with Crippen molar-refractivity contribution in [2.24, 2.45) is 0 Å². The molecule has 0 bridgehead atoms. The fourth-order valence-electron chi connectivity index (χ4n) is 2.59. The van der Waals surface area contributed by atoms with Crippen LogP contribution in [0.5, 0.6) is 0 Å². The molecule has 84 valence electrons. The summed E-state index contributed by atoms with van der Waals surface area (Å²) in [5.74, 6) is 0.135. The van der Waals surface area contributed by atoms with E-state index < -0.39 is 0 Å². The highest BCUT2D eigenvalue weighted by Crippen LogP contribution is 2.36. The Labute approximate surface area is 99.6 Å². The Morgan fingerprint density at radius 1 is 1.38 bits per heavy atom. The molecule has 1 saturated heterocycles. The molecule has 1 fully saturated rings. The predicted octanol–water partition coefficient (Wildman–Crippen LogP) is 1.78. The van der Waals surface area contributed by atoms with Crippen molar-refractivity contribution in [3.05, 3.63) is 34.3 Å². The minimum atomic E-state index is 0.135. The number of likely N-dealkylation sites (N-methyl/N-ethyl adjacent to an activating group) is 1. The highest BCUT2D eigenvalue weighted by molar-refractivity contribution is 6.31. The summed E-state index contributed by atoms with van der Waals surface area (Å²) < 4.78 is 0. The molecule has 2 heterocycles. The van der Waals surface area contributed by atoms with E-state index in [1.54, 1.807) is 6.07 Å². The predicted molar refractivity (Wildman–Crippen MR) is 62.7 cm³/mol. The van der Waals surface area contributed by atoms with Gasteiger partial charge in [0.1, 0.15) is 0 Å². The van der Waals surface area contributed by atoms with Crippen LogP contribution in [0.2, 0.25) is 5.02 Å². The highest BCUT2D eigenvalue weighted by Gasteiger charge is 2.39. The van der Waals surface area contributed by atoms with Crippen molar-refractivity contribution >= 4 is 17.5 Å². The van der Waals surface area contributed by atoms with Crippen LogP contribution < -0.4 is 0 Å². The van der Waals surface area contributed by atoms with E-state index in [-0.39, 0.29) is 11.9 Å². The summed E-state index contributed by atoms with van der Waals surface area (Å²) in [6.07, 6.45) is 0. The second-order valence-corrected chi connectivity index (χ2v) is 4.94. The van der Waals surface area contributed by atoms with Crippen molar-refractivity contribution in [3.8, 4) is 0 Å². The van der Waals surface area contributed by atoms with Crippen molar-refractivity contribution in [3.63, 3.8) is 0 Å². The van der Waals surface area contributed by atoms with Crippen LogP contribution in [0.1, 0.15) is 22.0 Å². The van der Waals surface area contributed by atoms with E-state index in [0.29, 0.717) is 5.02 Å². The number of hydrogen-bond donors (Lipinski definition) is 0. The van der Waals surface area contributed by atoms with E-state index >= 15 is 0 Å². The van der Waals surface area contributed by atoms with Crippen molar-refractivity contribution in [2.45, 2.75) is 6.04 Å². The third-order valence-corrected chi connectivity index (χ3v) is 3.68. The molecule has 1 atom stereocenters. The first-order chi connectivity index (χ1) is 7.66. The second kappa shape index (κ2) is 3.47. The molecule has 3 nitrogen and oxygen atoms in total. The maximum absolute atomic E-state index is 12.1. The van der Waals surface area contributed by atoms with Crippen LogP contribution in [0.3, 0.4) is 0 Å². The normalized spacial score (nSPS) is 24.5. The molecule has 0 N–H and O–H groups in total. The van der Waals surface area contributed by atoms with Crippen LogP contribution in [-0.2, 0) is 0 Å². The van der Waals surface area contributed by atoms with Gasteiger partial charge < -0.3 is 9.80 Å². The number of nitrogens with zero attached hydrogens (tertiary/aromatic N) is 2. The van der Waals surface area contributed by atoms with Crippen LogP contribution in [-0.4, -0.2) is 42.4 Å². The zero-order valence-corrected chi connectivity index (χ0v) is 9.87. The number of piperazine rings is 1. The lowest BCUT2D eigenvalue weighted by Gasteiger charge is -2.35. The molecule has 1 aromatic rings. The fourth-order valence-corrected chi connectivity index (χ4v) is 2.76. The summed E-state index contributed by atoms with van der Waals surface area (Å²) in [5.41, 5.74) is 1.91. The topological polar surface area (TPSA) is 23.6 Å². The van der Waals surface area contributed by atoms with Crippen LogP contribution in [0.4, 0.5) is 0 Å². The minimum absolute atomic E-state index is 0.135. The molecule has 2 aliphatic rings. The molecule has 4 heteroatoms. The first-order valence-electron chi connectivity index (χ1n) is 5.46. The summed E-state index contributed by atoms with van der Waals surface area (Å²) in [7, 11) is 2.09. The van der Waals surface area contributed by atoms with Crippen LogP contribution in [0.15, 0.2) is 18.2 Å². The Bertz CT molecular complexity index is 460. The smallest absolute Gasteiger partial charge is 0.254 e. The first kappa shape index (κ1) is 10.1. The lowest BCUT2D eigenvalue weighted by atomic mass is 10.0. The minimum Gasteiger partial charge on any atom is -0.329 e.